The molecule has 0 radical (unpaired) electrons. The van der Waals surface area contributed by atoms with Crippen LogP contribution in [0.1, 0.15) is 43.2 Å². The van der Waals surface area contributed by atoms with Crippen LogP contribution in [0.2, 0.25) is 0 Å². The number of thioether (sulfide) groups is 1. The van der Waals surface area contributed by atoms with Crippen LogP contribution in [0.25, 0.3) is 0 Å². The molecule has 30 heavy (non-hydrogen) atoms. The zero-order valence-electron chi connectivity index (χ0n) is 18.1. The van der Waals surface area contributed by atoms with Gasteiger partial charge in [-0.2, -0.15) is 0 Å². The first-order chi connectivity index (χ1) is 14.5. The first kappa shape index (κ1) is 21.0. The van der Waals surface area contributed by atoms with E-state index >= 15 is 0 Å². The van der Waals surface area contributed by atoms with Crippen molar-refractivity contribution < 1.29 is 4.79 Å². The molecule has 1 heterocycles. The Kier molecular flexibility index (Phi) is 6.52. The zero-order valence-corrected chi connectivity index (χ0v) is 18.9. The summed E-state index contributed by atoms with van der Waals surface area (Å²) in [7, 11) is 0. The lowest BCUT2D eigenvalue weighted by Gasteiger charge is -2.37. The van der Waals surface area contributed by atoms with Gasteiger partial charge < -0.3 is 9.80 Å². The highest BCUT2D eigenvalue weighted by molar-refractivity contribution is 7.99. The number of piperazine rings is 1. The summed E-state index contributed by atoms with van der Waals surface area (Å²) in [6, 6.07) is 19.3. The van der Waals surface area contributed by atoms with Crippen molar-refractivity contribution in [2.45, 2.75) is 37.0 Å². The molecule has 2 aliphatic rings. The van der Waals surface area contributed by atoms with Crippen molar-refractivity contribution in [3.63, 3.8) is 0 Å². The number of carbonyl (C=O) groups excluding carboxylic acids is 1. The third kappa shape index (κ3) is 4.92. The Morgan fingerprint density at radius 2 is 1.63 bits per heavy atom. The van der Waals surface area contributed by atoms with E-state index in [-0.39, 0.29) is 5.92 Å². The molecule has 2 aromatic carbocycles. The predicted molar refractivity (Wildman–Crippen MR) is 126 cm³/mol. The molecule has 0 spiro atoms. The van der Waals surface area contributed by atoms with E-state index in [0.29, 0.717) is 17.7 Å². The number of nitrogens with zero attached hydrogens (tertiary/aromatic N) is 2. The van der Waals surface area contributed by atoms with Crippen molar-refractivity contribution in [2.24, 2.45) is 5.92 Å². The fraction of sp³-hybridized carbons (Fsp3) is 0.423. The van der Waals surface area contributed by atoms with E-state index in [4.69, 9.17) is 0 Å². The van der Waals surface area contributed by atoms with Gasteiger partial charge in [0.05, 0.1) is 0 Å². The first-order valence-corrected chi connectivity index (χ1v) is 12.0. The van der Waals surface area contributed by atoms with Gasteiger partial charge in [-0.05, 0) is 41.5 Å². The Labute approximate surface area is 185 Å². The number of benzene rings is 2. The highest BCUT2D eigenvalue weighted by Gasteiger charge is 2.45. The topological polar surface area (TPSA) is 23.6 Å². The lowest BCUT2D eigenvalue weighted by Crippen LogP contribution is -2.48. The monoisotopic (exact) mass is 420 g/mol. The van der Waals surface area contributed by atoms with E-state index < -0.39 is 0 Å². The molecule has 1 saturated carbocycles. The van der Waals surface area contributed by atoms with Gasteiger partial charge in [-0.25, -0.2) is 0 Å². The quantitative estimate of drug-likeness (QED) is 0.563. The van der Waals surface area contributed by atoms with Crippen molar-refractivity contribution in [3.05, 3.63) is 78.0 Å². The van der Waals surface area contributed by atoms with Crippen LogP contribution in [0.15, 0.2) is 71.8 Å². The average Bonchev–Trinajstić information content (AvgIpc) is 3.59. The smallest absolute Gasteiger partial charge is 0.226 e. The van der Waals surface area contributed by atoms with Crippen LogP contribution < -0.4 is 0 Å². The van der Waals surface area contributed by atoms with Crippen LogP contribution in [-0.4, -0.2) is 47.6 Å². The summed E-state index contributed by atoms with van der Waals surface area (Å²) < 4.78 is 0. The first-order valence-electron chi connectivity index (χ1n) is 11.0. The minimum Gasteiger partial charge on any atom is -0.371 e. The van der Waals surface area contributed by atoms with E-state index in [9.17, 15) is 4.79 Å². The summed E-state index contributed by atoms with van der Waals surface area (Å²) in [5, 5.41) is 0. The van der Waals surface area contributed by atoms with Gasteiger partial charge in [-0.15, -0.1) is 11.8 Å². The molecular weight excluding hydrogens is 388 g/mol. The molecule has 4 heteroatoms. The maximum absolute atomic E-state index is 12.9. The van der Waals surface area contributed by atoms with Crippen molar-refractivity contribution in [3.8, 4) is 0 Å². The van der Waals surface area contributed by atoms with E-state index in [1.807, 2.05) is 17.8 Å². The molecule has 4 rings (SSSR count). The third-order valence-electron chi connectivity index (χ3n) is 6.33. The molecule has 0 aromatic heterocycles. The SMILES string of the molecule is C=C(CSc1ccc(C(C)C)cc1)N1CCN(C(=O)[C@@H]2C[C@H]2c2ccccc2)CC1. The van der Waals surface area contributed by atoms with Gasteiger partial charge in [-0.3, -0.25) is 4.79 Å². The Morgan fingerprint density at radius 3 is 2.27 bits per heavy atom. The normalized spacial score (nSPS) is 21.0. The van der Waals surface area contributed by atoms with Crippen LogP contribution >= 0.6 is 11.8 Å². The van der Waals surface area contributed by atoms with Crippen LogP contribution in [0.5, 0.6) is 0 Å². The van der Waals surface area contributed by atoms with E-state index in [0.717, 1.165) is 44.0 Å². The molecule has 0 bridgehead atoms. The number of carbonyl (C=O) groups is 1. The molecule has 1 amide bonds. The Balaban J connectivity index is 1.21. The fourth-order valence-corrected chi connectivity index (χ4v) is 5.07. The van der Waals surface area contributed by atoms with Gasteiger partial charge in [0.2, 0.25) is 5.91 Å². The number of rotatable bonds is 7. The summed E-state index contributed by atoms with van der Waals surface area (Å²) >= 11 is 1.84. The standard InChI is InChI=1S/C26H32N2OS/c1-19(2)21-9-11-23(12-10-21)30-18-20(3)27-13-15-28(16-14-27)26(29)25-17-24(25)22-7-5-4-6-8-22/h4-12,19,24-25H,3,13-18H2,1-2H3/t24-,25+/m0/s1. The van der Waals surface area contributed by atoms with Gasteiger partial charge >= 0.3 is 0 Å². The second kappa shape index (κ2) is 9.30. The van der Waals surface area contributed by atoms with Gasteiger partial charge in [0, 0.05) is 48.4 Å². The highest BCUT2D eigenvalue weighted by atomic mass is 32.2. The summed E-state index contributed by atoms with van der Waals surface area (Å²) in [5.74, 6) is 2.41. The second-order valence-corrected chi connectivity index (χ2v) is 9.80. The zero-order chi connectivity index (χ0) is 21.1. The third-order valence-corrected chi connectivity index (χ3v) is 7.41. The highest BCUT2D eigenvalue weighted by Crippen LogP contribution is 2.48. The molecule has 0 unspecified atom stereocenters. The molecule has 2 atom stereocenters. The molecule has 3 nitrogen and oxygen atoms in total. The van der Waals surface area contributed by atoms with Crippen LogP contribution in [0.4, 0.5) is 0 Å². The van der Waals surface area contributed by atoms with Gasteiger partial charge in [0.1, 0.15) is 0 Å². The summed E-state index contributed by atoms with van der Waals surface area (Å²) in [6.45, 7) is 12.1. The minimum atomic E-state index is 0.187. The Hall–Kier alpha value is -2.20. The molecule has 2 aromatic rings. The average molecular weight is 421 g/mol. The van der Waals surface area contributed by atoms with Crippen LogP contribution in [0.3, 0.4) is 0 Å². The summed E-state index contributed by atoms with van der Waals surface area (Å²) in [5.41, 5.74) is 3.85. The maximum atomic E-state index is 12.9. The van der Waals surface area contributed by atoms with Crippen molar-refractivity contribution in [2.75, 3.05) is 31.9 Å². The molecular formula is C26H32N2OS. The second-order valence-electron chi connectivity index (χ2n) is 8.75. The number of amides is 1. The van der Waals surface area contributed by atoms with E-state index in [1.54, 1.807) is 0 Å². The van der Waals surface area contributed by atoms with Crippen molar-refractivity contribution >= 4 is 17.7 Å². The van der Waals surface area contributed by atoms with Gasteiger partial charge in [0.25, 0.3) is 0 Å². The molecule has 2 fully saturated rings. The number of hydrogen-bond acceptors (Lipinski definition) is 3. The molecule has 1 aliphatic heterocycles. The molecule has 1 saturated heterocycles. The summed E-state index contributed by atoms with van der Waals surface area (Å²) in [6.07, 6.45) is 1.00. The largest absolute Gasteiger partial charge is 0.371 e. The van der Waals surface area contributed by atoms with E-state index in [2.05, 4.69) is 78.8 Å². The van der Waals surface area contributed by atoms with Crippen molar-refractivity contribution in [1.29, 1.82) is 0 Å². The Morgan fingerprint density at radius 1 is 1.00 bits per heavy atom. The van der Waals surface area contributed by atoms with Crippen LogP contribution in [0, 0.1) is 5.92 Å². The van der Waals surface area contributed by atoms with E-state index in [1.165, 1.54) is 16.0 Å². The fourth-order valence-electron chi connectivity index (χ4n) is 4.22. The maximum Gasteiger partial charge on any atom is 0.226 e. The van der Waals surface area contributed by atoms with Crippen LogP contribution in [-0.2, 0) is 4.79 Å². The Bertz CT molecular complexity index is 870. The molecule has 158 valence electrons. The van der Waals surface area contributed by atoms with Gasteiger partial charge in [-0.1, -0.05) is 62.9 Å². The lowest BCUT2D eigenvalue weighted by molar-refractivity contribution is -0.134. The number of hydrogen-bond donors (Lipinski definition) is 0. The summed E-state index contributed by atoms with van der Waals surface area (Å²) in [4.78, 5) is 18.6. The van der Waals surface area contributed by atoms with Crippen molar-refractivity contribution in [1.82, 2.24) is 9.80 Å². The molecule has 1 aliphatic carbocycles. The lowest BCUT2D eigenvalue weighted by atomic mass is 10.0. The van der Waals surface area contributed by atoms with Gasteiger partial charge in [0.15, 0.2) is 0 Å². The minimum absolute atomic E-state index is 0.187. The molecule has 0 N–H and O–H groups in total. The predicted octanol–water partition coefficient (Wildman–Crippen LogP) is 5.36.